The minimum Gasteiger partial charge on any atom is -0.274 e. The van der Waals surface area contributed by atoms with E-state index in [-0.39, 0.29) is 5.92 Å². The normalized spacial score (nSPS) is 11.3. The van der Waals surface area contributed by atoms with Crippen molar-refractivity contribution in [2.24, 2.45) is 7.05 Å². The molecule has 0 N–H and O–H groups in total. The third kappa shape index (κ3) is 1.74. The van der Waals surface area contributed by atoms with Crippen molar-refractivity contribution < 1.29 is 0 Å². The molecule has 0 aliphatic rings. The number of hydrogen-bond acceptors (Lipinski definition) is 3. The molecule has 5 nitrogen and oxygen atoms in total. The Balaban J connectivity index is 2.55. The Morgan fingerprint density at radius 3 is 2.60 bits per heavy atom. The van der Waals surface area contributed by atoms with Crippen LogP contribution in [0.25, 0.3) is 5.69 Å². The maximum atomic E-state index is 5.99. The van der Waals surface area contributed by atoms with Crippen LogP contribution in [0.2, 0.25) is 5.28 Å². The zero-order valence-corrected chi connectivity index (χ0v) is 9.60. The second-order valence-electron chi connectivity index (χ2n) is 3.69. The molecule has 0 aliphatic carbocycles. The monoisotopic (exact) mass is 225 g/mol. The van der Waals surface area contributed by atoms with Crippen LogP contribution in [0.4, 0.5) is 0 Å². The van der Waals surface area contributed by atoms with Crippen molar-refractivity contribution in [1.82, 2.24) is 24.5 Å². The molecule has 2 aromatic rings. The van der Waals surface area contributed by atoms with Gasteiger partial charge in [0.2, 0.25) is 5.28 Å². The van der Waals surface area contributed by atoms with Gasteiger partial charge in [0, 0.05) is 19.2 Å². The second kappa shape index (κ2) is 3.66. The van der Waals surface area contributed by atoms with Crippen LogP contribution in [0, 0.1) is 0 Å². The molecule has 0 unspecified atom stereocenters. The van der Waals surface area contributed by atoms with E-state index >= 15 is 0 Å². The molecule has 0 bridgehead atoms. The first-order valence-electron chi connectivity index (χ1n) is 4.69. The molecule has 6 heteroatoms. The molecule has 0 saturated heterocycles. The average molecular weight is 226 g/mol. The summed E-state index contributed by atoms with van der Waals surface area (Å²) in [4.78, 5) is 0. The Labute approximate surface area is 92.7 Å². The summed E-state index contributed by atoms with van der Waals surface area (Å²) in [5.74, 6) is 1.11. The molecule has 0 atom stereocenters. The molecule has 15 heavy (non-hydrogen) atoms. The zero-order chi connectivity index (χ0) is 11.0. The van der Waals surface area contributed by atoms with Gasteiger partial charge in [0.05, 0.1) is 11.9 Å². The summed E-state index contributed by atoms with van der Waals surface area (Å²) < 4.78 is 3.52. The highest BCUT2D eigenvalue weighted by Gasteiger charge is 2.15. The van der Waals surface area contributed by atoms with Gasteiger partial charge >= 0.3 is 0 Å². The van der Waals surface area contributed by atoms with Gasteiger partial charge in [-0.25, -0.2) is 0 Å². The SMILES string of the molecule is CC(C)c1nnc(Cl)n1-c1cnn(C)c1. The fourth-order valence-corrected chi connectivity index (χ4v) is 1.63. The highest BCUT2D eigenvalue weighted by molar-refractivity contribution is 6.28. The molecule has 0 fully saturated rings. The van der Waals surface area contributed by atoms with Crippen molar-refractivity contribution in [2.45, 2.75) is 19.8 Å². The van der Waals surface area contributed by atoms with Gasteiger partial charge in [0.1, 0.15) is 5.82 Å². The van der Waals surface area contributed by atoms with Gasteiger partial charge in [-0.05, 0) is 11.6 Å². The largest absolute Gasteiger partial charge is 0.274 e. The molecule has 0 radical (unpaired) electrons. The average Bonchev–Trinajstić information content (AvgIpc) is 2.71. The smallest absolute Gasteiger partial charge is 0.229 e. The van der Waals surface area contributed by atoms with Crippen molar-refractivity contribution in [2.75, 3.05) is 0 Å². The maximum absolute atomic E-state index is 5.99. The highest BCUT2D eigenvalue weighted by Crippen LogP contribution is 2.21. The lowest BCUT2D eigenvalue weighted by Crippen LogP contribution is -2.02. The van der Waals surface area contributed by atoms with E-state index < -0.39 is 0 Å². The van der Waals surface area contributed by atoms with Gasteiger partial charge in [-0.15, -0.1) is 10.2 Å². The Bertz CT molecular complexity index is 471. The third-order valence-corrected chi connectivity index (χ3v) is 2.36. The Morgan fingerprint density at radius 2 is 2.07 bits per heavy atom. The first kappa shape index (κ1) is 10.2. The van der Waals surface area contributed by atoms with E-state index in [9.17, 15) is 0 Å². The van der Waals surface area contributed by atoms with Crippen molar-refractivity contribution in [3.63, 3.8) is 0 Å². The molecular formula is C9H12ClN5. The van der Waals surface area contributed by atoms with Crippen molar-refractivity contribution >= 4 is 11.6 Å². The van der Waals surface area contributed by atoms with Crippen LogP contribution in [-0.4, -0.2) is 24.5 Å². The Kier molecular flexibility index (Phi) is 2.48. The minimum atomic E-state index is 0.269. The van der Waals surface area contributed by atoms with E-state index in [1.807, 2.05) is 27.1 Å². The summed E-state index contributed by atoms with van der Waals surface area (Å²) >= 11 is 5.99. The number of rotatable bonds is 2. The third-order valence-electron chi connectivity index (χ3n) is 2.11. The Morgan fingerprint density at radius 1 is 1.33 bits per heavy atom. The van der Waals surface area contributed by atoms with Crippen molar-refractivity contribution in [3.8, 4) is 5.69 Å². The number of halogens is 1. The molecule has 2 aromatic heterocycles. The van der Waals surface area contributed by atoms with Crippen LogP contribution in [0.3, 0.4) is 0 Å². The molecule has 2 heterocycles. The quantitative estimate of drug-likeness (QED) is 0.783. The molecule has 2 rings (SSSR count). The van der Waals surface area contributed by atoms with Crippen LogP contribution in [0.1, 0.15) is 25.6 Å². The lowest BCUT2D eigenvalue weighted by Gasteiger charge is -2.06. The van der Waals surface area contributed by atoms with Crippen LogP contribution < -0.4 is 0 Å². The Hall–Kier alpha value is -1.36. The predicted octanol–water partition coefficient (Wildman–Crippen LogP) is 1.78. The standard InChI is InChI=1S/C9H12ClN5/c1-6(2)8-12-13-9(10)15(8)7-4-11-14(3)5-7/h4-6H,1-3H3. The van der Waals surface area contributed by atoms with E-state index in [0.29, 0.717) is 5.28 Å². The molecule has 0 saturated carbocycles. The van der Waals surface area contributed by atoms with Gasteiger partial charge in [-0.3, -0.25) is 9.25 Å². The van der Waals surface area contributed by atoms with Crippen LogP contribution in [0.5, 0.6) is 0 Å². The van der Waals surface area contributed by atoms with Gasteiger partial charge in [0.15, 0.2) is 0 Å². The molecular weight excluding hydrogens is 214 g/mol. The maximum Gasteiger partial charge on any atom is 0.229 e. The van der Waals surface area contributed by atoms with E-state index in [4.69, 9.17) is 11.6 Å². The first-order chi connectivity index (χ1) is 7.09. The van der Waals surface area contributed by atoms with Gasteiger partial charge < -0.3 is 0 Å². The van der Waals surface area contributed by atoms with E-state index in [1.165, 1.54) is 0 Å². The highest BCUT2D eigenvalue weighted by atomic mass is 35.5. The van der Waals surface area contributed by atoms with E-state index in [0.717, 1.165) is 11.5 Å². The summed E-state index contributed by atoms with van der Waals surface area (Å²) in [7, 11) is 1.86. The van der Waals surface area contributed by atoms with Gasteiger partial charge in [-0.1, -0.05) is 13.8 Å². The molecule has 0 aromatic carbocycles. The fourth-order valence-electron chi connectivity index (χ4n) is 1.41. The van der Waals surface area contributed by atoms with E-state index in [1.54, 1.807) is 15.4 Å². The molecule has 0 spiro atoms. The lowest BCUT2D eigenvalue weighted by molar-refractivity contribution is 0.743. The zero-order valence-electron chi connectivity index (χ0n) is 8.85. The number of aryl methyl sites for hydroxylation is 1. The number of hydrogen-bond donors (Lipinski definition) is 0. The predicted molar refractivity (Wildman–Crippen MR) is 57.2 cm³/mol. The summed E-state index contributed by atoms with van der Waals surface area (Å²) in [6.07, 6.45) is 3.61. The first-order valence-corrected chi connectivity index (χ1v) is 5.07. The summed E-state index contributed by atoms with van der Waals surface area (Å²) in [6, 6.07) is 0. The summed E-state index contributed by atoms with van der Waals surface area (Å²) in [5, 5.41) is 12.4. The van der Waals surface area contributed by atoms with Crippen molar-refractivity contribution in [1.29, 1.82) is 0 Å². The molecule has 0 amide bonds. The summed E-state index contributed by atoms with van der Waals surface area (Å²) in [5.41, 5.74) is 0.885. The minimum absolute atomic E-state index is 0.269. The fraction of sp³-hybridized carbons (Fsp3) is 0.444. The van der Waals surface area contributed by atoms with Crippen LogP contribution in [-0.2, 0) is 7.05 Å². The number of nitrogens with zero attached hydrogens (tertiary/aromatic N) is 5. The van der Waals surface area contributed by atoms with E-state index in [2.05, 4.69) is 15.3 Å². The van der Waals surface area contributed by atoms with Crippen LogP contribution >= 0.6 is 11.6 Å². The van der Waals surface area contributed by atoms with Gasteiger partial charge in [0.25, 0.3) is 0 Å². The lowest BCUT2D eigenvalue weighted by atomic mass is 10.2. The van der Waals surface area contributed by atoms with Crippen LogP contribution in [0.15, 0.2) is 12.4 Å². The number of aromatic nitrogens is 5. The summed E-state index contributed by atoms with van der Waals surface area (Å²) in [6.45, 7) is 4.10. The van der Waals surface area contributed by atoms with Gasteiger partial charge in [-0.2, -0.15) is 5.10 Å². The molecule has 80 valence electrons. The second-order valence-corrected chi connectivity index (χ2v) is 4.03. The topological polar surface area (TPSA) is 48.5 Å². The van der Waals surface area contributed by atoms with Crippen molar-refractivity contribution in [3.05, 3.63) is 23.5 Å². The molecule has 0 aliphatic heterocycles.